The van der Waals surface area contributed by atoms with Gasteiger partial charge in [0.2, 0.25) is 0 Å². The molecule has 90 valence electrons. The van der Waals surface area contributed by atoms with E-state index in [1.807, 2.05) is 6.07 Å². The zero-order valence-electron chi connectivity index (χ0n) is 10.3. The first-order valence-electron chi connectivity index (χ1n) is 6.33. The summed E-state index contributed by atoms with van der Waals surface area (Å²) in [6, 6.07) is 18.9. The van der Waals surface area contributed by atoms with E-state index in [0.29, 0.717) is 0 Å². The summed E-state index contributed by atoms with van der Waals surface area (Å²) in [5, 5.41) is 0. The lowest BCUT2D eigenvalue weighted by atomic mass is 9.99. The normalized spacial score (nSPS) is 18.8. The highest BCUT2D eigenvalue weighted by atomic mass is 16.5. The minimum absolute atomic E-state index is 0.195. The van der Waals surface area contributed by atoms with Gasteiger partial charge < -0.3 is 4.74 Å². The lowest BCUT2D eigenvalue weighted by molar-refractivity contribution is 0.0600. The maximum Gasteiger partial charge on any atom is 0.0804 e. The second-order valence-electron chi connectivity index (χ2n) is 4.59. The predicted octanol–water partition coefficient (Wildman–Crippen LogP) is 3.84. The summed E-state index contributed by atoms with van der Waals surface area (Å²) >= 11 is 0. The van der Waals surface area contributed by atoms with E-state index < -0.39 is 0 Å². The van der Waals surface area contributed by atoms with Crippen LogP contribution in [0.1, 0.15) is 16.7 Å². The van der Waals surface area contributed by atoms with E-state index in [9.17, 15) is 0 Å². The third kappa shape index (κ3) is 2.52. The van der Waals surface area contributed by atoms with Crippen LogP contribution in [-0.2, 0) is 17.8 Å². The van der Waals surface area contributed by atoms with Crippen molar-refractivity contribution in [2.75, 3.05) is 0 Å². The van der Waals surface area contributed by atoms with Crippen molar-refractivity contribution in [1.82, 2.24) is 0 Å². The number of hydrogen-bond donors (Lipinski definition) is 0. The van der Waals surface area contributed by atoms with E-state index >= 15 is 0 Å². The highest BCUT2D eigenvalue weighted by Gasteiger charge is 2.15. The van der Waals surface area contributed by atoms with Gasteiger partial charge in [-0.05, 0) is 16.7 Å². The van der Waals surface area contributed by atoms with Crippen LogP contribution in [0.3, 0.4) is 0 Å². The van der Waals surface area contributed by atoms with E-state index in [1.54, 1.807) is 0 Å². The minimum Gasteiger partial charge on any atom is -0.369 e. The average molecular weight is 236 g/mol. The van der Waals surface area contributed by atoms with Gasteiger partial charge in [0.1, 0.15) is 0 Å². The molecule has 1 aliphatic rings. The Kier molecular flexibility index (Phi) is 3.24. The topological polar surface area (TPSA) is 9.23 Å². The quantitative estimate of drug-likeness (QED) is 0.769. The molecule has 2 aromatic rings. The molecule has 1 atom stereocenters. The summed E-state index contributed by atoms with van der Waals surface area (Å²) in [5.41, 5.74) is 3.95. The molecular formula is C17H16O. The smallest absolute Gasteiger partial charge is 0.0804 e. The molecule has 0 aliphatic carbocycles. The Morgan fingerprint density at radius 3 is 2.44 bits per heavy atom. The zero-order valence-corrected chi connectivity index (χ0v) is 10.3. The van der Waals surface area contributed by atoms with Crippen molar-refractivity contribution in [3.8, 4) is 0 Å². The lowest BCUT2D eigenvalue weighted by Gasteiger charge is -2.22. The SMILES string of the molecule is C(=C\C1Cc2ccccc2CO1)/c1ccccc1. The van der Waals surface area contributed by atoms with E-state index in [1.165, 1.54) is 16.7 Å². The average Bonchev–Trinajstić information content (AvgIpc) is 2.46. The summed E-state index contributed by atoms with van der Waals surface area (Å²) in [4.78, 5) is 0. The van der Waals surface area contributed by atoms with Crippen LogP contribution in [0, 0.1) is 0 Å². The fraction of sp³-hybridized carbons (Fsp3) is 0.176. The molecule has 18 heavy (non-hydrogen) atoms. The van der Waals surface area contributed by atoms with Gasteiger partial charge in [-0.3, -0.25) is 0 Å². The maximum absolute atomic E-state index is 5.84. The summed E-state index contributed by atoms with van der Waals surface area (Å²) in [6.07, 6.45) is 5.46. The Bertz CT molecular complexity index is 543. The van der Waals surface area contributed by atoms with Gasteiger partial charge in [0.25, 0.3) is 0 Å². The molecule has 0 aromatic heterocycles. The molecular weight excluding hydrogens is 220 g/mol. The van der Waals surface area contributed by atoms with Crippen LogP contribution in [0.2, 0.25) is 0 Å². The van der Waals surface area contributed by atoms with E-state index in [-0.39, 0.29) is 6.10 Å². The Morgan fingerprint density at radius 2 is 1.61 bits per heavy atom. The van der Waals surface area contributed by atoms with Gasteiger partial charge in [-0.2, -0.15) is 0 Å². The third-order valence-corrected chi connectivity index (χ3v) is 3.30. The van der Waals surface area contributed by atoms with Crippen LogP contribution in [-0.4, -0.2) is 6.10 Å². The van der Waals surface area contributed by atoms with Crippen LogP contribution >= 0.6 is 0 Å². The number of fused-ring (bicyclic) bond motifs is 1. The number of benzene rings is 2. The Hall–Kier alpha value is -1.86. The van der Waals surface area contributed by atoms with Crippen molar-refractivity contribution in [3.05, 3.63) is 77.4 Å². The standard InChI is InChI=1S/C17H16O/c1-2-6-14(7-3-1)10-11-17-12-15-8-4-5-9-16(15)13-18-17/h1-11,17H,12-13H2/b11-10+. The molecule has 0 amide bonds. The first kappa shape index (κ1) is 11.2. The van der Waals surface area contributed by atoms with Gasteiger partial charge in [0.15, 0.2) is 0 Å². The first-order valence-corrected chi connectivity index (χ1v) is 6.33. The van der Waals surface area contributed by atoms with Crippen molar-refractivity contribution in [2.45, 2.75) is 19.1 Å². The summed E-state index contributed by atoms with van der Waals surface area (Å²) < 4.78 is 5.84. The van der Waals surface area contributed by atoms with Crippen molar-refractivity contribution < 1.29 is 4.74 Å². The second kappa shape index (κ2) is 5.19. The van der Waals surface area contributed by atoms with Crippen LogP contribution in [0.25, 0.3) is 6.08 Å². The fourth-order valence-electron chi connectivity index (χ4n) is 2.28. The summed E-state index contributed by atoms with van der Waals surface area (Å²) in [7, 11) is 0. The molecule has 0 fully saturated rings. The van der Waals surface area contributed by atoms with Crippen LogP contribution in [0.4, 0.5) is 0 Å². The van der Waals surface area contributed by atoms with Gasteiger partial charge in [0, 0.05) is 6.42 Å². The monoisotopic (exact) mass is 236 g/mol. The molecule has 0 bridgehead atoms. The molecule has 1 unspecified atom stereocenters. The van der Waals surface area contributed by atoms with E-state index in [4.69, 9.17) is 4.74 Å². The first-order chi connectivity index (χ1) is 8.92. The Labute approximate surface area is 108 Å². The van der Waals surface area contributed by atoms with Crippen molar-refractivity contribution in [3.63, 3.8) is 0 Å². The zero-order chi connectivity index (χ0) is 12.2. The van der Waals surface area contributed by atoms with Gasteiger partial charge >= 0.3 is 0 Å². The fourth-order valence-corrected chi connectivity index (χ4v) is 2.28. The molecule has 1 heteroatoms. The van der Waals surface area contributed by atoms with Crippen molar-refractivity contribution in [2.24, 2.45) is 0 Å². The predicted molar refractivity (Wildman–Crippen MR) is 74.2 cm³/mol. The summed E-state index contributed by atoms with van der Waals surface area (Å²) in [6.45, 7) is 0.722. The molecule has 1 nitrogen and oxygen atoms in total. The molecule has 1 aliphatic heterocycles. The van der Waals surface area contributed by atoms with Gasteiger partial charge in [-0.15, -0.1) is 0 Å². The van der Waals surface area contributed by atoms with Crippen LogP contribution < -0.4 is 0 Å². The molecule has 0 spiro atoms. The molecule has 2 aromatic carbocycles. The minimum atomic E-state index is 0.195. The number of rotatable bonds is 2. The number of hydrogen-bond acceptors (Lipinski definition) is 1. The molecule has 0 N–H and O–H groups in total. The highest BCUT2D eigenvalue weighted by Crippen LogP contribution is 2.21. The maximum atomic E-state index is 5.84. The third-order valence-electron chi connectivity index (χ3n) is 3.30. The van der Waals surface area contributed by atoms with Gasteiger partial charge in [-0.1, -0.05) is 66.7 Å². The molecule has 0 saturated heterocycles. The molecule has 0 saturated carbocycles. The molecule has 3 rings (SSSR count). The van der Waals surface area contributed by atoms with Crippen LogP contribution in [0.5, 0.6) is 0 Å². The van der Waals surface area contributed by atoms with E-state index in [2.05, 4.69) is 60.7 Å². The molecule has 1 heterocycles. The molecule has 0 radical (unpaired) electrons. The van der Waals surface area contributed by atoms with Gasteiger partial charge in [0.05, 0.1) is 12.7 Å². The van der Waals surface area contributed by atoms with E-state index in [0.717, 1.165) is 13.0 Å². The Morgan fingerprint density at radius 1 is 0.889 bits per heavy atom. The van der Waals surface area contributed by atoms with Crippen molar-refractivity contribution >= 4 is 6.08 Å². The summed E-state index contributed by atoms with van der Waals surface area (Å²) in [5.74, 6) is 0. The van der Waals surface area contributed by atoms with Crippen molar-refractivity contribution in [1.29, 1.82) is 0 Å². The Balaban J connectivity index is 1.72. The largest absolute Gasteiger partial charge is 0.369 e. The van der Waals surface area contributed by atoms with Gasteiger partial charge in [-0.25, -0.2) is 0 Å². The highest BCUT2D eigenvalue weighted by molar-refractivity contribution is 5.49. The van der Waals surface area contributed by atoms with Crippen LogP contribution in [0.15, 0.2) is 60.7 Å². The number of ether oxygens (including phenoxy) is 1. The lowest BCUT2D eigenvalue weighted by Crippen LogP contribution is -2.19. The second-order valence-corrected chi connectivity index (χ2v) is 4.59.